The number of hydrogen-bond donors (Lipinski definition) is 2. The summed E-state index contributed by atoms with van der Waals surface area (Å²) < 4.78 is 0. The van der Waals surface area contributed by atoms with Crippen molar-refractivity contribution >= 4 is 22.5 Å². The van der Waals surface area contributed by atoms with Crippen LogP contribution in [-0.4, -0.2) is 34.1 Å². The molecule has 3 rings (SSSR count). The van der Waals surface area contributed by atoms with Gasteiger partial charge in [-0.2, -0.15) is 0 Å². The summed E-state index contributed by atoms with van der Waals surface area (Å²) in [6, 6.07) is 0.188. The summed E-state index contributed by atoms with van der Waals surface area (Å²) in [7, 11) is 0. The molecule has 6 nitrogen and oxygen atoms in total. The maximum absolute atomic E-state index is 6.10. The Morgan fingerprint density at radius 3 is 2.63 bits per heavy atom. The molecule has 1 aliphatic rings. The Balaban J connectivity index is 2.07. The van der Waals surface area contributed by atoms with Crippen molar-refractivity contribution in [2.24, 2.45) is 11.7 Å². The SMILES string of the molecule is C[C@H]1C[C@@H](N)CN(c2cnc(N)c3nccnc23)C1. The minimum Gasteiger partial charge on any atom is -0.382 e. The van der Waals surface area contributed by atoms with Gasteiger partial charge in [0.2, 0.25) is 0 Å². The van der Waals surface area contributed by atoms with Gasteiger partial charge in [-0.25, -0.2) is 9.97 Å². The van der Waals surface area contributed by atoms with Crippen molar-refractivity contribution in [1.29, 1.82) is 0 Å². The summed E-state index contributed by atoms with van der Waals surface area (Å²) in [5, 5.41) is 0. The smallest absolute Gasteiger partial charge is 0.151 e. The van der Waals surface area contributed by atoms with Gasteiger partial charge in [0.05, 0.1) is 11.9 Å². The van der Waals surface area contributed by atoms with E-state index < -0.39 is 0 Å². The van der Waals surface area contributed by atoms with Gasteiger partial charge in [-0.1, -0.05) is 6.92 Å². The molecule has 100 valence electrons. The topological polar surface area (TPSA) is 94.0 Å². The largest absolute Gasteiger partial charge is 0.382 e. The van der Waals surface area contributed by atoms with Gasteiger partial charge in [0.25, 0.3) is 0 Å². The number of fused-ring (bicyclic) bond motifs is 1. The van der Waals surface area contributed by atoms with Crippen molar-refractivity contribution in [2.45, 2.75) is 19.4 Å². The van der Waals surface area contributed by atoms with Crippen LogP contribution in [0.5, 0.6) is 0 Å². The number of nitrogens with two attached hydrogens (primary N) is 2. The molecule has 0 aliphatic carbocycles. The molecule has 1 aliphatic heterocycles. The molecule has 1 saturated heterocycles. The fourth-order valence-electron chi connectivity index (χ4n) is 2.79. The Morgan fingerprint density at radius 1 is 1.16 bits per heavy atom. The van der Waals surface area contributed by atoms with Gasteiger partial charge < -0.3 is 16.4 Å². The van der Waals surface area contributed by atoms with Crippen LogP contribution in [0.2, 0.25) is 0 Å². The fraction of sp³-hybridized carbons (Fsp3) is 0.462. The lowest BCUT2D eigenvalue weighted by molar-refractivity contribution is 0.402. The number of nitrogen functional groups attached to an aromatic ring is 1. The predicted octanol–water partition coefficient (Wildman–Crippen LogP) is 0.780. The summed E-state index contributed by atoms with van der Waals surface area (Å²) >= 11 is 0. The summed E-state index contributed by atoms with van der Waals surface area (Å²) in [6.07, 6.45) is 6.15. The molecule has 0 saturated carbocycles. The molecule has 4 N–H and O–H groups in total. The molecule has 19 heavy (non-hydrogen) atoms. The Morgan fingerprint density at radius 2 is 1.89 bits per heavy atom. The van der Waals surface area contributed by atoms with Crippen LogP contribution in [0.4, 0.5) is 11.5 Å². The molecule has 0 spiro atoms. The summed E-state index contributed by atoms with van der Waals surface area (Å²) in [5.74, 6) is 0.981. The van der Waals surface area contributed by atoms with Crippen molar-refractivity contribution in [2.75, 3.05) is 23.7 Å². The second-order valence-corrected chi connectivity index (χ2v) is 5.29. The maximum atomic E-state index is 6.10. The number of hydrogen-bond acceptors (Lipinski definition) is 6. The lowest BCUT2D eigenvalue weighted by Gasteiger charge is -2.36. The van der Waals surface area contributed by atoms with E-state index in [4.69, 9.17) is 11.5 Å². The van der Waals surface area contributed by atoms with Crippen LogP contribution in [-0.2, 0) is 0 Å². The maximum Gasteiger partial charge on any atom is 0.151 e. The van der Waals surface area contributed by atoms with Gasteiger partial charge in [0, 0.05) is 31.5 Å². The third-order valence-corrected chi connectivity index (χ3v) is 3.54. The van der Waals surface area contributed by atoms with Gasteiger partial charge in [0.1, 0.15) is 11.0 Å². The standard InChI is InChI=1S/C13H18N6/c1-8-4-9(14)7-19(6-8)10-5-18-13(15)12-11(10)16-2-3-17-12/h2-3,5,8-9H,4,6-7,14H2,1H3,(H2,15,18)/t8-,9+/m0/s1. The van der Waals surface area contributed by atoms with E-state index in [2.05, 4.69) is 26.8 Å². The van der Waals surface area contributed by atoms with E-state index in [1.54, 1.807) is 18.6 Å². The van der Waals surface area contributed by atoms with Crippen molar-refractivity contribution < 1.29 is 0 Å². The third kappa shape index (κ3) is 2.19. The molecular weight excluding hydrogens is 240 g/mol. The molecular formula is C13H18N6. The first kappa shape index (κ1) is 12.1. The predicted molar refractivity (Wildman–Crippen MR) is 75.7 cm³/mol. The van der Waals surface area contributed by atoms with E-state index >= 15 is 0 Å². The molecule has 0 bridgehead atoms. The lowest BCUT2D eigenvalue weighted by Crippen LogP contribution is -2.46. The van der Waals surface area contributed by atoms with Gasteiger partial charge in [-0.3, -0.25) is 4.98 Å². The molecule has 0 unspecified atom stereocenters. The summed E-state index contributed by atoms with van der Waals surface area (Å²) in [6.45, 7) is 4.00. The number of anilines is 2. The van der Waals surface area contributed by atoms with E-state index in [9.17, 15) is 0 Å². The zero-order chi connectivity index (χ0) is 13.4. The number of aromatic nitrogens is 3. The zero-order valence-electron chi connectivity index (χ0n) is 11.0. The summed E-state index contributed by atoms with van der Waals surface area (Å²) in [5.41, 5.74) is 14.4. The second kappa shape index (κ2) is 4.62. The van der Waals surface area contributed by atoms with Gasteiger partial charge in [0.15, 0.2) is 5.82 Å². The van der Waals surface area contributed by atoms with E-state index in [1.165, 1.54) is 0 Å². The highest BCUT2D eigenvalue weighted by atomic mass is 15.2. The Hall–Kier alpha value is -1.95. The molecule has 6 heteroatoms. The summed E-state index contributed by atoms with van der Waals surface area (Å²) in [4.78, 5) is 15.1. The monoisotopic (exact) mass is 258 g/mol. The minimum absolute atomic E-state index is 0.188. The van der Waals surface area contributed by atoms with E-state index in [1.807, 2.05) is 0 Å². The Bertz CT molecular complexity index is 589. The van der Waals surface area contributed by atoms with Crippen molar-refractivity contribution in [3.05, 3.63) is 18.6 Å². The van der Waals surface area contributed by atoms with Gasteiger partial charge in [-0.05, 0) is 12.3 Å². The molecule has 3 heterocycles. The second-order valence-electron chi connectivity index (χ2n) is 5.29. The van der Waals surface area contributed by atoms with Crippen LogP contribution >= 0.6 is 0 Å². The van der Waals surface area contributed by atoms with E-state index in [0.29, 0.717) is 17.3 Å². The molecule has 2 aromatic rings. The van der Waals surface area contributed by atoms with Crippen molar-refractivity contribution in [1.82, 2.24) is 15.0 Å². The number of rotatable bonds is 1. The zero-order valence-corrected chi connectivity index (χ0v) is 11.0. The van der Waals surface area contributed by atoms with Crippen LogP contribution in [0, 0.1) is 5.92 Å². The van der Waals surface area contributed by atoms with Crippen LogP contribution in [0.1, 0.15) is 13.3 Å². The molecule has 2 aromatic heterocycles. The van der Waals surface area contributed by atoms with E-state index in [0.717, 1.165) is 30.7 Å². The molecule has 2 atom stereocenters. The van der Waals surface area contributed by atoms with E-state index in [-0.39, 0.29) is 6.04 Å². The number of pyridine rings is 1. The van der Waals surface area contributed by atoms with Crippen molar-refractivity contribution in [3.63, 3.8) is 0 Å². The quantitative estimate of drug-likeness (QED) is 0.785. The fourth-order valence-corrected chi connectivity index (χ4v) is 2.79. The normalized spacial score (nSPS) is 23.8. The highest BCUT2D eigenvalue weighted by Gasteiger charge is 2.24. The molecule has 0 amide bonds. The Labute approximate surface area is 111 Å². The minimum atomic E-state index is 0.188. The van der Waals surface area contributed by atoms with Crippen molar-refractivity contribution in [3.8, 4) is 0 Å². The first-order valence-corrected chi connectivity index (χ1v) is 6.51. The third-order valence-electron chi connectivity index (χ3n) is 3.54. The number of piperidine rings is 1. The average Bonchev–Trinajstić information content (AvgIpc) is 2.38. The first-order chi connectivity index (χ1) is 9.15. The van der Waals surface area contributed by atoms with Crippen LogP contribution < -0.4 is 16.4 Å². The Kier molecular flexibility index (Phi) is 2.94. The van der Waals surface area contributed by atoms with Crippen LogP contribution in [0.25, 0.3) is 11.0 Å². The molecule has 0 aromatic carbocycles. The highest BCUT2D eigenvalue weighted by Crippen LogP contribution is 2.29. The number of nitrogens with zero attached hydrogens (tertiary/aromatic N) is 4. The lowest BCUT2D eigenvalue weighted by atomic mass is 9.96. The first-order valence-electron chi connectivity index (χ1n) is 6.51. The molecule has 1 fully saturated rings. The molecule has 0 radical (unpaired) electrons. The van der Waals surface area contributed by atoms with Gasteiger partial charge >= 0.3 is 0 Å². The van der Waals surface area contributed by atoms with Crippen LogP contribution in [0.15, 0.2) is 18.6 Å². The van der Waals surface area contributed by atoms with Gasteiger partial charge in [-0.15, -0.1) is 0 Å². The van der Waals surface area contributed by atoms with Crippen LogP contribution in [0.3, 0.4) is 0 Å². The average molecular weight is 258 g/mol. The highest BCUT2D eigenvalue weighted by molar-refractivity contribution is 5.93.